The van der Waals surface area contributed by atoms with Crippen LogP contribution in [0.1, 0.15) is 79.0 Å². The molecule has 1 aliphatic rings. The average Bonchev–Trinajstić information content (AvgIpc) is 3.02. The van der Waals surface area contributed by atoms with Gasteiger partial charge in [-0.2, -0.15) is 0 Å². The lowest BCUT2D eigenvalue weighted by Crippen LogP contribution is -2.38. The standard InChI is InChI=1S/C34H40N2O7S/c1-22-29(21-44-30-12-6-5-11-28(30)33(40)41)42-34(43-32(22)25-16-14-24(20-37)15-17-25)26-9-8-10-27(19-26)36-31(39)13-4-3-7-18-35-23(2)38/h5-6,8-12,14-17,19,22,29,32,34,37H,3-4,7,13,18,20-21H2,1-2H3,(H,35,38)(H,36,39)(H,40,41)/t22-,29+,32+,34+/m0/s1. The van der Waals surface area contributed by atoms with Crippen molar-refractivity contribution in [3.8, 4) is 0 Å². The van der Waals surface area contributed by atoms with Crippen LogP contribution in [0.3, 0.4) is 0 Å². The fourth-order valence-electron chi connectivity index (χ4n) is 5.09. The van der Waals surface area contributed by atoms with Gasteiger partial charge in [0.2, 0.25) is 11.8 Å². The second kappa shape index (κ2) is 16.4. The number of thioether (sulfide) groups is 1. The molecular weight excluding hydrogens is 580 g/mol. The molecule has 234 valence electrons. The first-order valence-corrected chi connectivity index (χ1v) is 15.8. The first-order chi connectivity index (χ1) is 21.2. The van der Waals surface area contributed by atoms with E-state index in [0.717, 1.165) is 36.0 Å². The lowest BCUT2D eigenvalue weighted by molar-refractivity contribution is -0.268. The number of benzene rings is 3. The summed E-state index contributed by atoms with van der Waals surface area (Å²) in [6.07, 6.45) is 1.44. The smallest absolute Gasteiger partial charge is 0.336 e. The number of rotatable bonds is 14. The highest BCUT2D eigenvalue weighted by Crippen LogP contribution is 2.43. The molecule has 1 fully saturated rings. The topological polar surface area (TPSA) is 134 Å². The zero-order chi connectivity index (χ0) is 31.5. The molecule has 0 aliphatic carbocycles. The number of anilines is 1. The highest BCUT2D eigenvalue weighted by molar-refractivity contribution is 7.99. The molecule has 0 radical (unpaired) electrons. The molecule has 44 heavy (non-hydrogen) atoms. The van der Waals surface area contributed by atoms with Crippen molar-refractivity contribution in [1.29, 1.82) is 0 Å². The molecule has 0 unspecified atom stereocenters. The lowest BCUT2D eigenvalue weighted by atomic mass is 9.91. The number of hydrogen-bond acceptors (Lipinski definition) is 7. The number of carboxylic acids is 1. The van der Waals surface area contributed by atoms with Gasteiger partial charge in [0, 0.05) is 47.7 Å². The Bertz CT molecular complexity index is 1410. The number of carbonyl (C=O) groups excluding carboxylic acids is 2. The van der Waals surface area contributed by atoms with Gasteiger partial charge >= 0.3 is 5.97 Å². The molecule has 0 aromatic heterocycles. The Labute approximate surface area is 262 Å². The minimum absolute atomic E-state index is 0.0507. The lowest BCUT2D eigenvalue weighted by Gasteiger charge is -2.41. The number of hydrogen-bond donors (Lipinski definition) is 4. The average molecular weight is 621 g/mol. The third-order valence-electron chi connectivity index (χ3n) is 7.54. The SMILES string of the molecule is CC(=O)NCCCCCC(=O)Nc1cccc([C@@H]2O[C@H](CSc3ccccc3C(=O)O)[C@H](C)[C@H](c3ccc(CO)cc3)O2)c1. The molecule has 4 atom stereocenters. The van der Waals surface area contributed by atoms with Crippen molar-refractivity contribution >= 4 is 35.2 Å². The normalized spacial score (nSPS) is 19.7. The van der Waals surface area contributed by atoms with E-state index in [4.69, 9.17) is 9.47 Å². The van der Waals surface area contributed by atoms with Crippen LogP contribution < -0.4 is 10.6 Å². The predicted octanol–water partition coefficient (Wildman–Crippen LogP) is 6.10. The highest BCUT2D eigenvalue weighted by Gasteiger charge is 2.38. The second-order valence-electron chi connectivity index (χ2n) is 10.9. The molecular formula is C34H40N2O7S. The van der Waals surface area contributed by atoms with Gasteiger partial charge in [0.1, 0.15) is 0 Å². The van der Waals surface area contributed by atoms with Crippen LogP contribution in [0.5, 0.6) is 0 Å². The summed E-state index contributed by atoms with van der Waals surface area (Å²) in [5.41, 5.74) is 3.40. The van der Waals surface area contributed by atoms with Crippen LogP contribution in [0.2, 0.25) is 0 Å². The summed E-state index contributed by atoms with van der Waals surface area (Å²) in [6.45, 7) is 4.10. The summed E-state index contributed by atoms with van der Waals surface area (Å²) in [6, 6.07) is 22.0. The summed E-state index contributed by atoms with van der Waals surface area (Å²) >= 11 is 1.44. The molecule has 0 bridgehead atoms. The number of aromatic carboxylic acids is 1. The third-order valence-corrected chi connectivity index (χ3v) is 8.70. The Hall–Kier alpha value is -3.70. The third kappa shape index (κ3) is 9.40. The van der Waals surface area contributed by atoms with Gasteiger partial charge in [-0.3, -0.25) is 9.59 Å². The summed E-state index contributed by atoms with van der Waals surface area (Å²) in [4.78, 5) is 36.0. The number of aliphatic hydroxyl groups excluding tert-OH is 1. The molecule has 1 saturated heterocycles. The molecule has 1 aliphatic heterocycles. The van der Waals surface area contributed by atoms with Crippen LogP contribution in [0.25, 0.3) is 0 Å². The number of amides is 2. The van der Waals surface area contributed by atoms with Gasteiger partial charge < -0.3 is 30.3 Å². The maximum Gasteiger partial charge on any atom is 0.336 e. The second-order valence-corrected chi connectivity index (χ2v) is 12.0. The molecule has 1 heterocycles. The number of ether oxygens (including phenoxy) is 2. The van der Waals surface area contributed by atoms with E-state index >= 15 is 0 Å². The van der Waals surface area contributed by atoms with Crippen molar-refractivity contribution in [3.05, 3.63) is 95.1 Å². The van der Waals surface area contributed by atoms with E-state index in [0.29, 0.717) is 29.3 Å². The number of aliphatic hydroxyl groups is 1. The van der Waals surface area contributed by atoms with Gasteiger partial charge in [-0.15, -0.1) is 11.8 Å². The number of carbonyl (C=O) groups is 3. The number of carboxylic acid groups (broad SMARTS) is 1. The maximum atomic E-state index is 12.6. The minimum Gasteiger partial charge on any atom is -0.478 e. The number of unbranched alkanes of at least 4 members (excludes halogenated alkanes) is 2. The Morgan fingerprint density at radius 2 is 1.68 bits per heavy atom. The molecule has 4 rings (SSSR count). The van der Waals surface area contributed by atoms with Crippen molar-refractivity contribution in [3.63, 3.8) is 0 Å². The first kappa shape index (κ1) is 33.2. The number of nitrogens with one attached hydrogen (secondary N) is 2. The molecule has 4 N–H and O–H groups in total. The molecule has 0 saturated carbocycles. The van der Waals surface area contributed by atoms with Gasteiger partial charge in [0.05, 0.1) is 24.4 Å². The zero-order valence-corrected chi connectivity index (χ0v) is 25.8. The minimum atomic E-state index is -0.974. The van der Waals surface area contributed by atoms with Gasteiger partial charge in [0.15, 0.2) is 6.29 Å². The van der Waals surface area contributed by atoms with Crippen LogP contribution in [-0.4, -0.2) is 46.4 Å². The van der Waals surface area contributed by atoms with E-state index in [9.17, 15) is 24.6 Å². The largest absolute Gasteiger partial charge is 0.478 e. The molecule has 0 spiro atoms. The van der Waals surface area contributed by atoms with Crippen molar-refractivity contribution in [2.75, 3.05) is 17.6 Å². The van der Waals surface area contributed by atoms with E-state index in [1.165, 1.54) is 18.7 Å². The fourth-order valence-corrected chi connectivity index (χ4v) is 6.30. The fraction of sp³-hybridized carbons (Fsp3) is 0.382. The van der Waals surface area contributed by atoms with Gasteiger partial charge in [-0.05, 0) is 48.2 Å². The Morgan fingerprint density at radius 3 is 2.41 bits per heavy atom. The summed E-state index contributed by atoms with van der Waals surface area (Å²) in [7, 11) is 0. The van der Waals surface area contributed by atoms with Crippen LogP contribution in [0.15, 0.2) is 77.7 Å². The molecule has 10 heteroatoms. The van der Waals surface area contributed by atoms with Crippen LogP contribution in [0.4, 0.5) is 5.69 Å². The molecule has 3 aromatic rings. The maximum absolute atomic E-state index is 12.6. The van der Waals surface area contributed by atoms with E-state index in [1.807, 2.05) is 54.6 Å². The quantitative estimate of drug-likeness (QED) is 0.126. The van der Waals surface area contributed by atoms with Crippen molar-refractivity contribution in [2.45, 2.75) is 69.5 Å². The predicted molar refractivity (Wildman–Crippen MR) is 169 cm³/mol. The van der Waals surface area contributed by atoms with E-state index in [-0.39, 0.29) is 42.1 Å². The van der Waals surface area contributed by atoms with E-state index < -0.39 is 12.3 Å². The van der Waals surface area contributed by atoms with Gasteiger partial charge in [-0.25, -0.2) is 4.79 Å². The molecule has 3 aromatic carbocycles. The zero-order valence-electron chi connectivity index (χ0n) is 25.0. The Morgan fingerprint density at radius 1 is 0.909 bits per heavy atom. The Balaban J connectivity index is 1.47. The monoisotopic (exact) mass is 620 g/mol. The summed E-state index contributed by atoms with van der Waals surface area (Å²) in [5.74, 6) is -0.673. The van der Waals surface area contributed by atoms with Gasteiger partial charge in [-0.1, -0.05) is 61.9 Å². The van der Waals surface area contributed by atoms with Crippen molar-refractivity contribution < 1.29 is 34.1 Å². The van der Waals surface area contributed by atoms with Crippen molar-refractivity contribution in [1.82, 2.24) is 5.32 Å². The molecule has 9 nitrogen and oxygen atoms in total. The molecule has 2 amide bonds. The van der Waals surface area contributed by atoms with Crippen LogP contribution >= 0.6 is 11.8 Å². The summed E-state index contributed by atoms with van der Waals surface area (Å²) < 4.78 is 13.0. The van der Waals surface area contributed by atoms with Crippen LogP contribution in [0, 0.1) is 5.92 Å². The first-order valence-electron chi connectivity index (χ1n) is 14.8. The van der Waals surface area contributed by atoms with Crippen LogP contribution in [-0.2, 0) is 25.7 Å². The summed E-state index contributed by atoms with van der Waals surface area (Å²) in [5, 5.41) is 24.9. The van der Waals surface area contributed by atoms with E-state index in [2.05, 4.69) is 17.6 Å². The Kier molecular flexibility index (Phi) is 12.4. The van der Waals surface area contributed by atoms with Crippen molar-refractivity contribution in [2.24, 2.45) is 5.92 Å². The van der Waals surface area contributed by atoms with E-state index in [1.54, 1.807) is 18.2 Å². The highest BCUT2D eigenvalue weighted by atomic mass is 32.2. The van der Waals surface area contributed by atoms with Gasteiger partial charge in [0.25, 0.3) is 0 Å².